The lowest BCUT2D eigenvalue weighted by molar-refractivity contribution is -0.130. The van der Waals surface area contributed by atoms with E-state index in [4.69, 9.17) is 12.2 Å². The molecule has 6 nitrogen and oxygen atoms in total. The number of nitrogens with zero attached hydrogens (tertiary/aromatic N) is 2. The van der Waals surface area contributed by atoms with E-state index in [2.05, 4.69) is 20.9 Å². The summed E-state index contributed by atoms with van der Waals surface area (Å²) in [7, 11) is 0. The van der Waals surface area contributed by atoms with Crippen LogP contribution in [0.4, 0.5) is 0 Å². The summed E-state index contributed by atoms with van der Waals surface area (Å²) < 4.78 is 2.37. The second kappa shape index (κ2) is 7.61. The predicted octanol–water partition coefficient (Wildman–Crippen LogP) is 3.86. The molecule has 8 heteroatoms. The quantitative estimate of drug-likeness (QED) is 0.556. The lowest BCUT2D eigenvalue weighted by Gasteiger charge is -2.37. The molecule has 2 heterocycles. The predicted molar refractivity (Wildman–Crippen MR) is 116 cm³/mol. The molecule has 0 radical (unpaired) electrons. The van der Waals surface area contributed by atoms with Gasteiger partial charge in [0.1, 0.15) is 5.56 Å². The monoisotopic (exact) mass is 471 g/mol. The Bertz CT molecular complexity index is 1220. The Morgan fingerprint density at radius 3 is 2.59 bits per heavy atom. The Labute approximate surface area is 180 Å². The van der Waals surface area contributed by atoms with Gasteiger partial charge in [-0.15, -0.1) is 0 Å². The first-order valence-electron chi connectivity index (χ1n) is 9.07. The molecule has 1 atom stereocenters. The summed E-state index contributed by atoms with van der Waals surface area (Å²) >= 11 is 8.70. The van der Waals surface area contributed by atoms with Gasteiger partial charge in [0, 0.05) is 17.9 Å². The minimum Gasteiger partial charge on any atom is -0.494 e. The van der Waals surface area contributed by atoms with Crippen LogP contribution in [0.25, 0.3) is 5.69 Å². The molecule has 1 aromatic heterocycles. The lowest BCUT2D eigenvalue weighted by atomic mass is 9.89. The van der Waals surface area contributed by atoms with Crippen LogP contribution >= 0.6 is 28.1 Å². The van der Waals surface area contributed by atoms with E-state index in [0.717, 1.165) is 15.6 Å². The first-order valence-corrected chi connectivity index (χ1v) is 10.3. The maximum Gasteiger partial charge on any atom is 0.261 e. The van der Waals surface area contributed by atoms with E-state index in [1.165, 1.54) is 11.5 Å². The van der Waals surface area contributed by atoms with Crippen LogP contribution in [0.1, 0.15) is 29.7 Å². The van der Waals surface area contributed by atoms with Crippen LogP contribution < -0.4 is 5.56 Å². The summed E-state index contributed by atoms with van der Waals surface area (Å²) in [5.74, 6) is -0.435. The van der Waals surface area contributed by atoms with Gasteiger partial charge >= 0.3 is 0 Å². The zero-order chi connectivity index (χ0) is 20.7. The van der Waals surface area contributed by atoms with E-state index in [-0.39, 0.29) is 22.1 Å². The number of nitrogens with one attached hydrogen (secondary N) is 1. The van der Waals surface area contributed by atoms with E-state index in [0.29, 0.717) is 18.7 Å². The number of fused-ring (bicyclic) bond motifs is 1. The molecule has 1 amide bonds. The first kappa shape index (κ1) is 19.6. The third-order valence-electron chi connectivity index (χ3n) is 5.17. The highest BCUT2D eigenvalue weighted by atomic mass is 79.9. The summed E-state index contributed by atoms with van der Waals surface area (Å²) in [6.07, 6.45) is 0.691. The molecule has 0 saturated heterocycles. The minimum absolute atomic E-state index is 0.0806. The van der Waals surface area contributed by atoms with Gasteiger partial charge in [-0.1, -0.05) is 40.2 Å². The van der Waals surface area contributed by atoms with Gasteiger partial charge in [0.05, 0.1) is 11.7 Å². The van der Waals surface area contributed by atoms with Crippen LogP contribution in [0.3, 0.4) is 0 Å². The van der Waals surface area contributed by atoms with Gasteiger partial charge in [-0.3, -0.25) is 19.1 Å². The molecule has 0 saturated carbocycles. The number of aromatic nitrogens is 2. The Hall–Kier alpha value is -2.71. The smallest absolute Gasteiger partial charge is 0.261 e. The molecule has 1 aliphatic heterocycles. The number of carbonyl (C=O) groups excluding carboxylic acids is 1. The number of aromatic amines is 1. The number of amides is 1. The molecule has 0 unspecified atom stereocenters. The van der Waals surface area contributed by atoms with Crippen LogP contribution in [0, 0.1) is 4.77 Å². The average Bonchev–Trinajstić information content (AvgIpc) is 2.69. The van der Waals surface area contributed by atoms with E-state index < -0.39 is 11.6 Å². The summed E-state index contributed by atoms with van der Waals surface area (Å²) in [6, 6.07) is 14.2. The Morgan fingerprint density at radius 1 is 1.21 bits per heavy atom. The van der Waals surface area contributed by atoms with Gasteiger partial charge in [0.25, 0.3) is 5.56 Å². The summed E-state index contributed by atoms with van der Waals surface area (Å²) in [5.41, 5.74) is 2.07. The Balaban J connectivity index is 2.00. The van der Waals surface area contributed by atoms with Gasteiger partial charge in [-0.25, -0.2) is 0 Å². The van der Waals surface area contributed by atoms with Gasteiger partial charge in [-0.2, -0.15) is 0 Å². The van der Waals surface area contributed by atoms with Crippen molar-refractivity contribution >= 4 is 34.1 Å². The van der Waals surface area contributed by atoms with Crippen molar-refractivity contribution in [3.8, 4) is 11.6 Å². The van der Waals surface area contributed by atoms with Gasteiger partial charge in [0.2, 0.25) is 11.8 Å². The summed E-state index contributed by atoms with van der Waals surface area (Å²) in [4.78, 5) is 29.6. The number of hydrogen-bond donors (Lipinski definition) is 2. The number of hydrogen-bond acceptors (Lipinski definition) is 4. The number of rotatable bonds is 2. The molecule has 2 N–H and O–H groups in total. The standard InChI is InChI=1S/C21H18BrN3O3S/c1-12(26)24-11-10-13-4-2-3-5-16(13)18(24)17-19(27)23-21(29)25(20(17)28)15-8-6-14(22)7-9-15/h2-9,18,28H,10-11H2,1H3,(H,23,27,29)/t18-/m0/s1. The third kappa shape index (κ3) is 3.42. The number of halogens is 1. The molecule has 148 valence electrons. The van der Waals surface area contributed by atoms with Gasteiger partial charge in [-0.05, 0) is 54.0 Å². The van der Waals surface area contributed by atoms with Crippen molar-refractivity contribution < 1.29 is 9.90 Å². The molecule has 0 fully saturated rings. The largest absolute Gasteiger partial charge is 0.494 e. The van der Waals surface area contributed by atoms with Crippen molar-refractivity contribution in [2.45, 2.75) is 19.4 Å². The van der Waals surface area contributed by atoms with Crippen LogP contribution in [-0.4, -0.2) is 32.0 Å². The number of carbonyl (C=O) groups is 1. The van der Waals surface area contributed by atoms with Crippen molar-refractivity contribution in [2.75, 3.05) is 6.54 Å². The Kier molecular flexibility index (Phi) is 5.14. The fourth-order valence-corrected chi connectivity index (χ4v) is 4.38. The van der Waals surface area contributed by atoms with Crippen molar-refractivity contribution in [1.82, 2.24) is 14.5 Å². The van der Waals surface area contributed by atoms with Crippen LogP contribution in [0.15, 0.2) is 57.8 Å². The zero-order valence-corrected chi connectivity index (χ0v) is 18.0. The second-order valence-corrected chi connectivity index (χ2v) is 8.17. The Morgan fingerprint density at radius 2 is 1.90 bits per heavy atom. The summed E-state index contributed by atoms with van der Waals surface area (Å²) in [5, 5.41) is 11.2. The highest BCUT2D eigenvalue weighted by molar-refractivity contribution is 9.10. The fourth-order valence-electron chi connectivity index (χ4n) is 3.83. The highest BCUT2D eigenvalue weighted by Crippen LogP contribution is 2.37. The lowest BCUT2D eigenvalue weighted by Crippen LogP contribution is -2.41. The molecule has 0 spiro atoms. The van der Waals surface area contributed by atoms with Crippen molar-refractivity contribution in [1.29, 1.82) is 0 Å². The first-order chi connectivity index (χ1) is 13.9. The number of aromatic hydroxyl groups is 1. The van der Waals surface area contributed by atoms with E-state index in [1.54, 1.807) is 17.0 Å². The normalized spacial score (nSPS) is 15.8. The molecule has 1 aliphatic rings. The van der Waals surface area contributed by atoms with Crippen LogP contribution in [-0.2, 0) is 11.2 Å². The maximum atomic E-state index is 12.9. The zero-order valence-electron chi connectivity index (χ0n) is 15.6. The highest BCUT2D eigenvalue weighted by Gasteiger charge is 2.35. The second-order valence-electron chi connectivity index (χ2n) is 6.87. The number of benzene rings is 2. The third-order valence-corrected chi connectivity index (χ3v) is 5.98. The van der Waals surface area contributed by atoms with Crippen molar-refractivity contribution in [3.05, 3.63) is 84.8 Å². The molecule has 4 rings (SSSR count). The van der Waals surface area contributed by atoms with E-state index >= 15 is 0 Å². The van der Waals surface area contributed by atoms with Crippen LogP contribution in [0.2, 0.25) is 0 Å². The molecule has 0 aliphatic carbocycles. The molecule has 2 aromatic carbocycles. The SMILES string of the molecule is CC(=O)N1CCc2ccccc2[C@H]1c1c(O)n(-c2ccc(Br)cc2)c(=S)[nH]c1=O. The number of H-pyrrole nitrogens is 1. The molecule has 3 aromatic rings. The maximum absolute atomic E-state index is 12.9. The van der Waals surface area contributed by atoms with E-state index in [9.17, 15) is 14.7 Å². The fraction of sp³-hybridized carbons (Fsp3) is 0.190. The minimum atomic E-state index is -0.696. The summed E-state index contributed by atoms with van der Waals surface area (Å²) in [6.45, 7) is 1.93. The van der Waals surface area contributed by atoms with Crippen LogP contribution in [0.5, 0.6) is 5.88 Å². The topological polar surface area (TPSA) is 78.3 Å². The molecule has 0 bridgehead atoms. The molecular weight excluding hydrogens is 454 g/mol. The van der Waals surface area contributed by atoms with Crippen molar-refractivity contribution in [3.63, 3.8) is 0 Å². The van der Waals surface area contributed by atoms with E-state index in [1.807, 2.05) is 36.4 Å². The average molecular weight is 472 g/mol. The van der Waals surface area contributed by atoms with Crippen molar-refractivity contribution in [2.24, 2.45) is 0 Å². The van der Waals surface area contributed by atoms with Gasteiger partial charge in [0.15, 0.2) is 4.77 Å². The molecular formula is C21H18BrN3O3S. The molecule has 29 heavy (non-hydrogen) atoms. The van der Waals surface area contributed by atoms with Gasteiger partial charge < -0.3 is 10.0 Å².